The number of ketones is 1. The zero-order valence-electron chi connectivity index (χ0n) is 10.1. The Labute approximate surface area is 101 Å². The van der Waals surface area contributed by atoms with Gasteiger partial charge in [-0.2, -0.15) is 4.98 Å². The van der Waals surface area contributed by atoms with Gasteiger partial charge in [0.15, 0.2) is 5.82 Å². The quantitative estimate of drug-likeness (QED) is 0.785. The van der Waals surface area contributed by atoms with Gasteiger partial charge in [-0.25, -0.2) is 0 Å². The molecule has 1 heterocycles. The first-order chi connectivity index (χ1) is 8.28. The molecule has 0 N–H and O–H groups in total. The number of rotatable bonds is 5. The molecule has 1 aromatic rings. The van der Waals surface area contributed by atoms with Gasteiger partial charge in [0.25, 0.3) is 5.89 Å². The largest absolute Gasteiger partial charge is 0.368 e. The molecule has 0 saturated heterocycles. The third kappa shape index (κ3) is 3.63. The predicted molar refractivity (Wildman–Crippen MR) is 60.3 cm³/mol. The van der Waals surface area contributed by atoms with Crippen molar-refractivity contribution in [1.29, 1.82) is 0 Å². The molecule has 0 atom stereocenters. The van der Waals surface area contributed by atoms with Gasteiger partial charge in [-0.15, -0.1) is 0 Å². The summed E-state index contributed by atoms with van der Waals surface area (Å²) in [5.41, 5.74) is 0. The summed E-state index contributed by atoms with van der Waals surface area (Å²) >= 11 is 0. The maximum absolute atomic E-state index is 11.1. The SMILES string of the molecule is CCCc1noc(COC2CCC(=O)CC2)n1. The summed E-state index contributed by atoms with van der Waals surface area (Å²) in [5, 5.41) is 3.86. The van der Waals surface area contributed by atoms with E-state index in [-0.39, 0.29) is 6.10 Å². The van der Waals surface area contributed by atoms with Gasteiger partial charge >= 0.3 is 0 Å². The number of hydrogen-bond donors (Lipinski definition) is 0. The van der Waals surface area contributed by atoms with E-state index < -0.39 is 0 Å². The molecule has 1 aromatic heterocycles. The second-order valence-electron chi connectivity index (χ2n) is 4.40. The Morgan fingerprint density at radius 1 is 1.41 bits per heavy atom. The van der Waals surface area contributed by atoms with E-state index in [1.54, 1.807) is 0 Å². The van der Waals surface area contributed by atoms with Crippen molar-refractivity contribution in [3.8, 4) is 0 Å². The molecule has 2 rings (SSSR count). The van der Waals surface area contributed by atoms with Gasteiger partial charge in [0.2, 0.25) is 0 Å². The molecule has 0 amide bonds. The maximum atomic E-state index is 11.1. The van der Waals surface area contributed by atoms with Crippen LogP contribution in [0.5, 0.6) is 0 Å². The first-order valence-corrected chi connectivity index (χ1v) is 6.22. The number of nitrogens with zero attached hydrogens (tertiary/aromatic N) is 2. The minimum atomic E-state index is 0.161. The molecule has 5 heteroatoms. The van der Waals surface area contributed by atoms with E-state index in [1.165, 1.54) is 0 Å². The molecule has 0 aliphatic heterocycles. The highest BCUT2D eigenvalue weighted by molar-refractivity contribution is 5.79. The van der Waals surface area contributed by atoms with Crippen LogP contribution in [0.2, 0.25) is 0 Å². The predicted octanol–water partition coefficient (Wildman–Crippen LogP) is 2.05. The summed E-state index contributed by atoms with van der Waals surface area (Å²) in [4.78, 5) is 15.3. The summed E-state index contributed by atoms with van der Waals surface area (Å²) < 4.78 is 10.7. The molecule has 0 aromatic carbocycles. The molecule has 0 unspecified atom stereocenters. The van der Waals surface area contributed by atoms with Gasteiger partial charge < -0.3 is 9.26 Å². The van der Waals surface area contributed by atoms with Crippen LogP contribution in [0.15, 0.2) is 4.52 Å². The Morgan fingerprint density at radius 3 is 2.88 bits per heavy atom. The zero-order valence-corrected chi connectivity index (χ0v) is 10.1. The van der Waals surface area contributed by atoms with Gasteiger partial charge in [0.05, 0.1) is 6.10 Å². The lowest BCUT2D eigenvalue weighted by atomic mass is 9.97. The number of carbonyl (C=O) groups excluding carboxylic acids is 1. The molecule has 1 aliphatic rings. The van der Waals surface area contributed by atoms with E-state index >= 15 is 0 Å². The molecule has 94 valence electrons. The van der Waals surface area contributed by atoms with Crippen molar-refractivity contribution in [3.63, 3.8) is 0 Å². The van der Waals surface area contributed by atoms with E-state index in [0.717, 1.165) is 31.5 Å². The highest BCUT2D eigenvalue weighted by Crippen LogP contribution is 2.19. The zero-order chi connectivity index (χ0) is 12.1. The van der Waals surface area contributed by atoms with Crippen LogP contribution in [0.4, 0.5) is 0 Å². The van der Waals surface area contributed by atoms with E-state index in [9.17, 15) is 4.79 Å². The number of carbonyl (C=O) groups is 1. The summed E-state index contributed by atoms with van der Waals surface area (Å²) in [6.45, 7) is 2.43. The molecule has 0 spiro atoms. The number of hydrogen-bond acceptors (Lipinski definition) is 5. The van der Waals surface area contributed by atoms with E-state index in [4.69, 9.17) is 9.26 Å². The minimum absolute atomic E-state index is 0.161. The van der Waals surface area contributed by atoms with Crippen molar-refractivity contribution < 1.29 is 14.1 Å². The Hall–Kier alpha value is -1.23. The van der Waals surface area contributed by atoms with Crippen molar-refractivity contribution in [1.82, 2.24) is 10.1 Å². The molecule has 0 radical (unpaired) electrons. The molecule has 1 aliphatic carbocycles. The maximum Gasteiger partial charge on any atom is 0.252 e. The van der Waals surface area contributed by atoms with Crippen LogP contribution in [0.25, 0.3) is 0 Å². The van der Waals surface area contributed by atoms with Crippen LogP contribution in [-0.2, 0) is 22.6 Å². The summed E-state index contributed by atoms with van der Waals surface area (Å²) in [6.07, 6.45) is 4.90. The molecule has 17 heavy (non-hydrogen) atoms. The highest BCUT2D eigenvalue weighted by atomic mass is 16.5. The second kappa shape index (κ2) is 5.91. The van der Waals surface area contributed by atoms with E-state index in [1.807, 2.05) is 0 Å². The first kappa shape index (κ1) is 12.2. The first-order valence-electron chi connectivity index (χ1n) is 6.22. The van der Waals surface area contributed by atoms with Gasteiger partial charge in [-0.1, -0.05) is 12.1 Å². The van der Waals surface area contributed by atoms with Crippen LogP contribution < -0.4 is 0 Å². The Kier molecular flexibility index (Phi) is 4.25. The lowest BCUT2D eigenvalue weighted by molar-refractivity contribution is -0.123. The normalized spacial score (nSPS) is 17.6. The lowest BCUT2D eigenvalue weighted by Gasteiger charge is -2.20. The molecule has 5 nitrogen and oxygen atoms in total. The summed E-state index contributed by atoms with van der Waals surface area (Å²) in [7, 11) is 0. The lowest BCUT2D eigenvalue weighted by Crippen LogP contribution is -2.21. The number of Topliss-reactive ketones (excluding diaryl/α,β-unsaturated/α-hetero) is 1. The Morgan fingerprint density at radius 2 is 2.18 bits per heavy atom. The molecular formula is C12H18N2O3. The third-order valence-electron chi connectivity index (χ3n) is 2.92. The van der Waals surface area contributed by atoms with E-state index in [0.29, 0.717) is 31.1 Å². The van der Waals surface area contributed by atoms with Crippen molar-refractivity contribution in [2.24, 2.45) is 0 Å². The molecular weight excluding hydrogens is 220 g/mol. The minimum Gasteiger partial charge on any atom is -0.368 e. The average Bonchev–Trinajstić information content (AvgIpc) is 2.77. The fraction of sp³-hybridized carbons (Fsp3) is 0.750. The van der Waals surface area contributed by atoms with E-state index in [2.05, 4.69) is 17.1 Å². The fourth-order valence-electron chi connectivity index (χ4n) is 1.94. The molecule has 1 saturated carbocycles. The highest BCUT2D eigenvalue weighted by Gasteiger charge is 2.19. The molecule has 0 bridgehead atoms. The van der Waals surface area contributed by atoms with Crippen molar-refractivity contribution in [2.45, 2.75) is 58.2 Å². The van der Waals surface area contributed by atoms with Gasteiger partial charge in [0.1, 0.15) is 12.4 Å². The third-order valence-corrected chi connectivity index (χ3v) is 2.92. The summed E-state index contributed by atoms with van der Waals surface area (Å²) in [5.74, 6) is 1.61. The number of aromatic nitrogens is 2. The second-order valence-corrected chi connectivity index (χ2v) is 4.40. The standard InChI is InChI=1S/C12H18N2O3/c1-2-3-11-13-12(17-14-11)8-16-10-6-4-9(15)5-7-10/h10H,2-8H2,1H3. The van der Waals surface area contributed by atoms with Crippen LogP contribution in [0.3, 0.4) is 0 Å². The van der Waals surface area contributed by atoms with Gasteiger partial charge in [-0.05, 0) is 19.3 Å². The Bertz CT molecular complexity index is 366. The smallest absolute Gasteiger partial charge is 0.252 e. The van der Waals surface area contributed by atoms with Gasteiger partial charge in [0, 0.05) is 19.3 Å². The summed E-state index contributed by atoms with van der Waals surface area (Å²) in [6, 6.07) is 0. The fourth-order valence-corrected chi connectivity index (χ4v) is 1.94. The van der Waals surface area contributed by atoms with Crippen molar-refractivity contribution in [2.75, 3.05) is 0 Å². The van der Waals surface area contributed by atoms with Crippen LogP contribution in [0, 0.1) is 0 Å². The van der Waals surface area contributed by atoms with Crippen molar-refractivity contribution >= 4 is 5.78 Å². The van der Waals surface area contributed by atoms with Crippen LogP contribution in [0.1, 0.15) is 50.7 Å². The number of ether oxygens (including phenoxy) is 1. The van der Waals surface area contributed by atoms with Crippen molar-refractivity contribution in [3.05, 3.63) is 11.7 Å². The topological polar surface area (TPSA) is 65.2 Å². The van der Waals surface area contributed by atoms with Gasteiger partial charge in [-0.3, -0.25) is 4.79 Å². The Balaban J connectivity index is 1.75. The van der Waals surface area contributed by atoms with Crippen LogP contribution in [-0.4, -0.2) is 22.0 Å². The molecule has 1 fully saturated rings. The number of aryl methyl sites for hydroxylation is 1. The monoisotopic (exact) mass is 238 g/mol. The van der Waals surface area contributed by atoms with Crippen LogP contribution >= 0.6 is 0 Å². The average molecular weight is 238 g/mol.